The van der Waals surface area contributed by atoms with Gasteiger partial charge in [-0.1, -0.05) is 12.1 Å². The quantitative estimate of drug-likeness (QED) is 0.743. The molecular weight excluding hydrogens is 208 g/mol. The lowest BCUT2D eigenvalue weighted by molar-refractivity contribution is -0.140. The number of hydrogen-bond acceptors (Lipinski definition) is 3. The van der Waals surface area contributed by atoms with E-state index in [4.69, 9.17) is 5.11 Å². The van der Waals surface area contributed by atoms with Crippen molar-refractivity contribution in [1.29, 1.82) is 0 Å². The third kappa shape index (κ3) is 3.73. The van der Waals surface area contributed by atoms with Crippen molar-refractivity contribution in [3.63, 3.8) is 0 Å². The zero-order chi connectivity index (χ0) is 12.1. The molecule has 4 heteroatoms. The molecule has 1 aromatic rings. The van der Waals surface area contributed by atoms with Crippen LogP contribution < -0.4 is 0 Å². The first-order valence-electron chi connectivity index (χ1n) is 5.01. The fourth-order valence-corrected chi connectivity index (χ4v) is 1.41. The Morgan fingerprint density at radius 2 is 2.00 bits per heavy atom. The van der Waals surface area contributed by atoms with E-state index < -0.39 is 12.4 Å². The van der Waals surface area contributed by atoms with Crippen molar-refractivity contribution in [3.05, 3.63) is 29.3 Å². The van der Waals surface area contributed by atoms with Crippen molar-refractivity contribution in [3.8, 4) is 5.75 Å². The van der Waals surface area contributed by atoms with Gasteiger partial charge in [0, 0.05) is 6.42 Å². The fraction of sp³-hybridized carbons (Fsp3) is 0.333. The second kappa shape index (κ2) is 5.30. The summed E-state index contributed by atoms with van der Waals surface area (Å²) in [5.74, 6) is -1.15. The van der Waals surface area contributed by atoms with E-state index >= 15 is 0 Å². The average Bonchev–Trinajstić information content (AvgIpc) is 2.19. The van der Waals surface area contributed by atoms with Crippen molar-refractivity contribution in [2.24, 2.45) is 0 Å². The number of carboxylic acids is 1. The topological polar surface area (TPSA) is 74.6 Å². The highest BCUT2D eigenvalue weighted by molar-refractivity contribution is 5.94. The second-order valence-electron chi connectivity index (χ2n) is 3.73. The molecule has 0 atom stereocenters. The highest BCUT2D eigenvalue weighted by atomic mass is 16.4. The Labute approximate surface area is 93.5 Å². The number of ketones is 1. The molecule has 16 heavy (non-hydrogen) atoms. The van der Waals surface area contributed by atoms with Gasteiger partial charge in [-0.15, -0.1) is 0 Å². The number of aryl methyl sites for hydroxylation is 2. The summed E-state index contributed by atoms with van der Waals surface area (Å²) in [7, 11) is 0. The summed E-state index contributed by atoms with van der Waals surface area (Å²) in [6, 6.07) is 5.10. The van der Waals surface area contributed by atoms with Crippen LogP contribution in [0.5, 0.6) is 5.75 Å². The van der Waals surface area contributed by atoms with Crippen molar-refractivity contribution >= 4 is 11.8 Å². The molecule has 2 N–H and O–H groups in total. The first kappa shape index (κ1) is 12.2. The highest BCUT2D eigenvalue weighted by Gasteiger charge is 2.08. The summed E-state index contributed by atoms with van der Waals surface area (Å²) >= 11 is 0. The monoisotopic (exact) mass is 222 g/mol. The van der Waals surface area contributed by atoms with Crippen molar-refractivity contribution in [2.75, 3.05) is 0 Å². The lowest BCUT2D eigenvalue weighted by atomic mass is 10.0. The molecule has 0 aromatic heterocycles. The van der Waals surface area contributed by atoms with Crippen LogP contribution in [0.1, 0.15) is 24.0 Å². The van der Waals surface area contributed by atoms with Crippen molar-refractivity contribution in [1.82, 2.24) is 0 Å². The third-order valence-corrected chi connectivity index (χ3v) is 2.30. The van der Waals surface area contributed by atoms with E-state index in [1.807, 2.05) is 0 Å². The van der Waals surface area contributed by atoms with E-state index in [1.165, 1.54) is 0 Å². The number of aliphatic carboxylic acids is 1. The Balaban J connectivity index is 2.51. The van der Waals surface area contributed by atoms with E-state index in [0.717, 1.165) is 11.1 Å². The number of Topliss-reactive ketones (excluding diaryl/α,β-unsaturated/α-hetero) is 1. The van der Waals surface area contributed by atoms with Crippen LogP contribution >= 0.6 is 0 Å². The molecule has 0 aliphatic carbocycles. The molecule has 0 heterocycles. The van der Waals surface area contributed by atoms with Crippen molar-refractivity contribution in [2.45, 2.75) is 26.2 Å². The maximum absolute atomic E-state index is 11.1. The van der Waals surface area contributed by atoms with Crippen molar-refractivity contribution < 1.29 is 19.8 Å². The number of phenolic OH excluding ortho intramolecular Hbond substituents is 1. The van der Waals surface area contributed by atoms with Crippen LogP contribution in [0.3, 0.4) is 0 Å². The second-order valence-corrected chi connectivity index (χ2v) is 3.73. The van der Waals surface area contributed by atoms with E-state index in [-0.39, 0.29) is 18.0 Å². The molecule has 0 bridgehead atoms. The van der Waals surface area contributed by atoms with Crippen LogP contribution in [0.4, 0.5) is 0 Å². The predicted molar refractivity (Wildman–Crippen MR) is 58.4 cm³/mol. The first-order chi connectivity index (χ1) is 7.49. The SMILES string of the molecule is Cc1cc(CCC(=O)CC(=O)O)ccc1O. The number of carbonyl (C=O) groups excluding carboxylic acids is 1. The number of hydrogen-bond donors (Lipinski definition) is 2. The summed E-state index contributed by atoms with van der Waals surface area (Å²) in [6.07, 6.45) is 0.306. The molecule has 86 valence electrons. The van der Waals surface area contributed by atoms with E-state index in [2.05, 4.69) is 0 Å². The molecule has 4 nitrogen and oxygen atoms in total. The molecule has 0 saturated carbocycles. The van der Waals surface area contributed by atoms with E-state index in [9.17, 15) is 14.7 Å². The Morgan fingerprint density at radius 3 is 2.56 bits per heavy atom. The highest BCUT2D eigenvalue weighted by Crippen LogP contribution is 2.17. The minimum Gasteiger partial charge on any atom is -0.508 e. The lowest BCUT2D eigenvalue weighted by Crippen LogP contribution is -2.07. The molecule has 0 spiro atoms. The number of benzene rings is 1. The van der Waals surface area contributed by atoms with Gasteiger partial charge in [0.05, 0.1) is 0 Å². The fourth-order valence-electron chi connectivity index (χ4n) is 1.41. The number of rotatable bonds is 5. The van der Waals surface area contributed by atoms with Crippen LogP contribution in [0.25, 0.3) is 0 Å². The Hall–Kier alpha value is -1.84. The third-order valence-electron chi connectivity index (χ3n) is 2.30. The average molecular weight is 222 g/mol. The molecule has 0 amide bonds. The number of phenols is 1. The van der Waals surface area contributed by atoms with E-state index in [1.54, 1.807) is 25.1 Å². The van der Waals surface area contributed by atoms with Crippen LogP contribution in [-0.4, -0.2) is 22.0 Å². The molecule has 0 saturated heterocycles. The Bertz CT molecular complexity index is 409. The van der Waals surface area contributed by atoms with Gasteiger partial charge in [-0.2, -0.15) is 0 Å². The van der Waals surface area contributed by atoms with Gasteiger partial charge in [0.1, 0.15) is 18.0 Å². The minimum absolute atomic E-state index is 0.219. The van der Waals surface area contributed by atoms with Gasteiger partial charge in [0.25, 0.3) is 0 Å². The van der Waals surface area contributed by atoms with Gasteiger partial charge in [0.2, 0.25) is 0 Å². The lowest BCUT2D eigenvalue weighted by Gasteiger charge is -2.03. The van der Waals surface area contributed by atoms with E-state index in [0.29, 0.717) is 6.42 Å². The van der Waals surface area contributed by atoms with Crippen LogP contribution in [0.2, 0.25) is 0 Å². The number of aromatic hydroxyl groups is 1. The summed E-state index contributed by atoms with van der Waals surface area (Å²) in [6.45, 7) is 1.78. The normalized spacial score (nSPS) is 10.1. The predicted octanol–water partition coefficient (Wildman–Crippen LogP) is 1.68. The summed E-state index contributed by atoms with van der Waals surface area (Å²) in [5.41, 5.74) is 1.68. The van der Waals surface area contributed by atoms with Crippen LogP contribution in [-0.2, 0) is 16.0 Å². The molecule has 0 unspecified atom stereocenters. The van der Waals surface area contributed by atoms with Crippen LogP contribution in [0.15, 0.2) is 18.2 Å². The molecule has 1 aromatic carbocycles. The van der Waals surface area contributed by atoms with Gasteiger partial charge < -0.3 is 10.2 Å². The van der Waals surface area contributed by atoms with Gasteiger partial charge in [0.15, 0.2) is 0 Å². The van der Waals surface area contributed by atoms with Gasteiger partial charge in [-0.25, -0.2) is 0 Å². The largest absolute Gasteiger partial charge is 0.508 e. The standard InChI is InChI=1S/C12H14O4/c1-8-6-9(3-5-11(8)14)2-4-10(13)7-12(15)16/h3,5-6,14H,2,4,7H2,1H3,(H,15,16). The first-order valence-corrected chi connectivity index (χ1v) is 5.01. The summed E-state index contributed by atoms with van der Waals surface area (Å²) < 4.78 is 0. The zero-order valence-corrected chi connectivity index (χ0v) is 9.06. The molecule has 0 radical (unpaired) electrons. The van der Waals surface area contributed by atoms with Gasteiger partial charge >= 0.3 is 5.97 Å². The zero-order valence-electron chi connectivity index (χ0n) is 9.06. The summed E-state index contributed by atoms with van der Waals surface area (Å²) in [5, 5.41) is 17.7. The Morgan fingerprint density at radius 1 is 1.31 bits per heavy atom. The van der Waals surface area contributed by atoms with Crippen LogP contribution in [0, 0.1) is 6.92 Å². The smallest absolute Gasteiger partial charge is 0.310 e. The molecule has 0 aliphatic rings. The molecule has 0 fully saturated rings. The summed E-state index contributed by atoms with van der Waals surface area (Å²) in [4.78, 5) is 21.4. The van der Waals surface area contributed by atoms with Gasteiger partial charge in [-0.05, 0) is 30.5 Å². The molecular formula is C12H14O4. The van der Waals surface area contributed by atoms with Gasteiger partial charge in [-0.3, -0.25) is 9.59 Å². The molecule has 1 rings (SSSR count). The number of carboxylic acid groups (broad SMARTS) is 1. The minimum atomic E-state index is -1.09. The molecule has 0 aliphatic heterocycles. The maximum Gasteiger partial charge on any atom is 0.310 e. The Kier molecular flexibility index (Phi) is 4.05. The maximum atomic E-state index is 11.1. The number of carbonyl (C=O) groups is 2.